The van der Waals surface area contributed by atoms with Gasteiger partial charge in [-0.3, -0.25) is 0 Å². The molecule has 0 amide bonds. The maximum atomic E-state index is 12.2. The molecule has 0 rings (SSSR count). The second-order valence-corrected chi connectivity index (χ2v) is 3.17. The first-order chi connectivity index (χ1) is 5.10. The minimum atomic E-state index is -5.35. The molecule has 0 radical (unpaired) electrons. The first-order valence-electron chi connectivity index (χ1n) is 2.78. The van der Waals surface area contributed by atoms with E-state index >= 15 is 0 Å². The van der Waals surface area contributed by atoms with Crippen molar-refractivity contribution >= 4 is 11.6 Å². The topological polar surface area (TPSA) is 0 Å². The molecule has 0 aliphatic rings. The molecular formula is C5H5ClF6. The van der Waals surface area contributed by atoms with Crippen molar-refractivity contribution in [1.29, 1.82) is 0 Å². The van der Waals surface area contributed by atoms with Crippen LogP contribution in [0, 0.1) is 0 Å². The molecule has 0 spiro atoms. The zero-order valence-electron chi connectivity index (χ0n) is 5.80. The molecule has 0 aromatic heterocycles. The summed E-state index contributed by atoms with van der Waals surface area (Å²) in [6, 6.07) is 0. The normalized spacial score (nSPS) is 20.8. The highest BCUT2D eigenvalue weighted by Gasteiger charge is 2.56. The van der Waals surface area contributed by atoms with Gasteiger partial charge in [0.2, 0.25) is 6.17 Å². The Morgan fingerprint density at radius 3 is 1.50 bits per heavy atom. The molecule has 0 aliphatic heterocycles. The molecule has 0 aliphatic carbocycles. The molecule has 74 valence electrons. The van der Waals surface area contributed by atoms with E-state index in [1.165, 1.54) is 0 Å². The summed E-state index contributed by atoms with van der Waals surface area (Å²) in [4.78, 5) is -3.21. The van der Waals surface area contributed by atoms with E-state index in [1.807, 2.05) is 0 Å². The number of alkyl halides is 7. The highest BCUT2D eigenvalue weighted by Crippen LogP contribution is 2.38. The van der Waals surface area contributed by atoms with Crippen molar-refractivity contribution in [2.75, 3.05) is 0 Å². The molecule has 12 heavy (non-hydrogen) atoms. The number of hydrogen-bond acceptors (Lipinski definition) is 0. The van der Waals surface area contributed by atoms with Gasteiger partial charge in [-0.05, 0) is 6.92 Å². The van der Waals surface area contributed by atoms with E-state index < -0.39 is 23.6 Å². The minimum Gasteiger partial charge on any atom is -0.235 e. The molecule has 0 fully saturated rings. The highest BCUT2D eigenvalue weighted by atomic mass is 35.5. The molecule has 0 heterocycles. The molecule has 0 nitrogen and oxygen atoms in total. The van der Waals surface area contributed by atoms with Gasteiger partial charge in [0.05, 0.1) is 0 Å². The van der Waals surface area contributed by atoms with Crippen molar-refractivity contribution in [3.05, 3.63) is 0 Å². The van der Waals surface area contributed by atoms with Crippen LogP contribution in [-0.2, 0) is 0 Å². The fourth-order valence-corrected chi connectivity index (χ4v) is 0.554. The van der Waals surface area contributed by atoms with Gasteiger partial charge in [-0.2, -0.15) is 13.2 Å². The molecule has 0 N–H and O–H groups in total. The molecule has 0 aromatic rings. The number of hydrogen-bond donors (Lipinski definition) is 0. The highest BCUT2D eigenvalue weighted by molar-refractivity contribution is 6.24. The molecule has 0 aromatic carbocycles. The van der Waals surface area contributed by atoms with Crippen LogP contribution in [0.3, 0.4) is 0 Å². The largest absolute Gasteiger partial charge is 0.421 e. The van der Waals surface area contributed by atoms with Crippen LogP contribution in [0.1, 0.15) is 6.92 Å². The van der Waals surface area contributed by atoms with Gasteiger partial charge < -0.3 is 0 Å². The quantitative estimate of drug-likeness (QED) is 0.489. The van der Waals surface area contributed by atoms with Crippen molar-refractivity contribution in [1.82, 2.24) is 0 Å². The van der Waals surface area contributed by atoms with Crippen LogP contribution in [0.2, 0.25) is 0 Å². The first-order valence-corrected chi connectivity index (χ1v) is 3.15. The summed E-state index contributed by atoms with van der Waals surface area (Å²) >= 11 is 4.66. The Bertz CT molecular complexity index is 151. The Kier molecular flexibility index (Phi) is 3.28. The van der Waals surface area contributed by atoms with Crippen LogP contribution in [0.4, 0.5) is 26.3 Å². The van der Waals surface area contributed by atoms with Crippen molar-refractivity contribution in [2.45, 2.75) is 30.6 Å². The summed E-state index contributed by atoms with van der Waals surface area (Å²) in [5.41, 5.74) is 0. The van der Waals surface area contributed by atoms with Crippen molar-refractivity contribution < 1.29 is 26.3 Å². The average molecular weight is 215 g/mol. The predicted octanol–water partition coefficient (Wildman–Crippen LogP) is 3.15. The number of halogens is 7. The van der Waals surface area contributed by atoms with Gasteiger partial charge in [0, 0.05) is 0 Å². The lowest BCUT2D eigenvalue weighted by Crippen LogP contribution is -2.46. The average Bonchev–Trinajstić information content (AvgIpc) is 1.83. The maximum absolute atomic E-state index is 12.2. The third-order valence-electron chi connectivity index (χ3n) is 1.21. The fourth-order valence-electron chi connectivity index (χ4n) is 0.431. The van der Waals surface area contributed by atoms with E-state index in [1.54, 1.807) is 0 Å². The van der Waals surface area contributed by atoms with Gasteiger partial charge in [-0.1, -0.05) is 0 Å². The Morgan fingerprint density at radius 2 is 1.42 bits per heavy atom. The third-order valence-corrected chi connectivity index (χ3v) is 1.57. The lowest BCUT2D eigenvalue weighted by atomic mass is 10.1. The van der Waals surface area contributed by atoms with Crippen LogP contribution < -0.4 is 0 Å². The van der Waals surface area contributed by atoms with E-state index in [4.69, 9.17) is 0 Å². The van der Waals surface area contributed by atoms with Crippen LogP contribution in [-0.4, -0.2) is 23.6 Å². The van der Waals surface area contributed by atoms with Gasteiger partial charge in [0.1, 0.15) is 4.87 Å². The van der Waals surface area contributed by atoms with Crippen LogP contribution in [0.25, 0.3) is 0 Å². The van der Waals surface area contributed by atoms with Gasteiger partial charge in [0.15, 0.2) is 0 Å². The Hall–Kier alpha value is -0.130. The van der Waals surface area contributed by atoms with E-state index in [-0.39, 0.29) is 0 Å². The molecular weight excluding hydrogens is 209 g/mol. The maximum Gasteiger partial charge on any atom is 0.421 e. The Morgan fingerprint density at radius 1 is 1.08 bits per heavy atom. The number of rotatable bonds is 2. The van der Waals surface area contributed by atoms with E-state index in [0.717, 1.165) is 0 Å². The van der Waals surface area contributed by atoms with E-state index in [9.17, 15) is 26.3 Å². The lowest BCUT2D eigenvalue weighted by molar-refractivity contribution is -0.198. The molecule has 0 bridgehead atoms. The summed E-state index contributed by atoms with van der Waals surface area (Å²) in [6.45, 7) is 0.303. The van der Waals surface area contributed by atoms with Gasteiger partial charge in [0.25, 0.3) is 6.43 Å². The van der Waals surface area contributed by atoms with E-state index in [2.05, 4.69) is 11.6 Å². The van der Waals surface area contributed by atoms with Crippen molar-refractivity contribution in [3.8, 4) is 0 Å². The van der Waals surface area contributed by atoms with E-state index in [0.29, 0.717) is 6.92 Å². The standard InChI is InChI=1S/C5H5ClF6/c1-4(6,3(8)9)2(7)5(10,11)12/h2-3H,1H3. The van der Waals surface area contributed by atoms with Crippen LogP contribution in [0.15, 0.2) is 0 Å². The first kappa shape index (κ1) is 11.9. The third kappa shape index (κ3) is 2.43. The summed E-state index contributed by atoms with van der Waals surface area (Å²) in [5, 5.41) is 0. The van der Waals surface area contributed by atoms with Crippen molar-refractivity contribution in [3.63, 3.8) is 0 Å². The Balaban J connectivity index is 4.57. The smallest absolute Gasteiger partial charge is 0.235 e. The molecule has 2 unspecified atom stereocenters. The van der Waals surface area contributed by atoms with Crippen LogP contribution >= 0.6 is 11.6 Å². The predicted molar refractivity (Wildman–Crippen MR) is 31.2 cm³/mol. The second-order valence-electron chi connectivity index (χ2n) is 2.36. The van der Waals surface area contributed by atoms with Gasteiger partial charge in [-0.15, -0.1) is 11.6 Å². The molecule has 2 atom stereocenters. The molecule has 0 saturated carbocycles. The minimum absolute atomic E-state index is 0.303. The second kappa shape index (κ2) is 3.32. The lowest BCUT2D eigenvalue weighted by Gasteiger charge is -2.26. The van der Waals surface area contributed by atoms with Crippen molar-refractivity contribution in [2.24, 2.45) is 0 Å². The Labute approximate surface area is 69.5 Å². The zero-order valence-corrected chi connectivity index (χ0v) is 6.56. The van der Waals surface area contributed by atoms with Gasteiger partial charge >= 0.3 is 6.18 Å². The van der Waals surface area contributed by atoms with Gasteiger partial charge in [-0.25, -0.2) is 13.2 Å². The summed E-state index contributed by atoms with van der Waals surface area (Å²) in [7, 11) is 0. The molecule has 7 heteroatoms. The fraction of sp³-hybridized carbons (Fsp3) is 1.00. The molecule has 0 saturated heterocycles. The van der Waals surface area contributed by atoms with Crippen LogP contribution in [0.5, 0.6) is 0 Å². The summed E-state index contributed by atoms with van der Waals surface area (Å²) < 4.78 is 70.2. The SMILES string of the molecule is CC(Cl)(C(F)F)C(F)C(F)(F)F. The summed E-state index contributed by atoms with van der Waals surface area (Å²) in [6.07, 6.45) is -12.7. The summed E-state index contributed by atoms with van der Waals surface area (Å²) in [5.74, 6) is 0. The monoisotopic (exact) mass is 214 g/mol. The zero-order chi connectivity index (χ0) is 10.2.